The number of rotatable bonds is 5. The van der Waals surface area contributed by atoms with Crippen molar-refractivity contribution < 1.29 is 0 Å². The first-order valence-corrected chi connectivity index (χ1v) is 4.98. The average molecular weight is 193 g/mol. The lowest BCUT2D eigenvalue weighted by molar-refractivity contribution is 0.579. The monoisotopic (exact) mass is 193 g/mol. The lowest BCUT2D eigenvalue weighted by atomic mass is 10.3. The number of aryl methyl sites for hydroxylation is 2. The van der Waals surface area contributed by atoms with E-state index in [1.54, 1.807) is 0 Å². The van der Waals surface area contributed by atoms with E-state index < -0.39 is 0 Å². The minimum Gasteiger partial charge on any atom is -0.363 e. The number of unbranched alkanes of at least 4 members (excludes halogenated alkanes) is 1. The van der Waals surface area contributed by atoms with Crippen LogP contribution in [0.1, 0.15) is 18.5 Å². The summed E-state index contributed by atoms with van der Waals surface area (Å²) in [5.74, 6) is 1.17. The first-order chi connectivity index (χ1) is 6.65. The largest absolute Gasteiger partial charge is 0.363 e. The molecule has 78 valence electrons. The van der Waals surface area contributed by atoms with Crippen molar-refractivity contribution in [1.82, 2.24) is 9.78 Å². The summed E-state index contributed by atoms with van der Waals surface area (Å²) < 4.78 is 2.05. The second kappa shape index (κ2) is 4.84. The zero-order chi connectivity index (χ0) is 10.6. The van der Waals surface area contributed by atoms with Gasteiger partial charge in [0.25, 0.3) is 0 Å². The average Bonchev–Trinajstić information content (AvgIpc) is 2.47. The Bertz CT molecular complexity index is 299. The molecule has 0 unspecified atom stereocenters. The maximum atomic E-state index is 4.44. The van der Waals surface area contributed by atoms with Crippen LogP contribution < -0.4 is 4.90 Å². The molecule has 1 aromatic rings. The lowest BCUT2D eigenvalue weighted by Crippen LogP contribution is -2.15. The first-order valence-electron chi connectivity index (χ1n) is 4.98. The van der Waals surface area contributed by atoms with Gasteiger partial charge in [-0.05, 0) is 19.8 Å². The molecule has 0 aliphatic heterocycles. The molecule has 0 saturated carbocycles. The maximum absolute atomic E-state index is 4.44. The molecule has 0 radical (unpaired) electrons. The fourth-order valence-electron chi connectivity index (χ4n) is 1.44. The molecular weight excluding hydrogens is 174 g/mol. The standard InChI is InChI=1S/C11H19N3/c1-5-6-7-8-14-11(13(3)4)9-10(2)12-14/h5,9H,1,6-8H2,2-4H3. The molecule has 0 aliphatic carbocycles. The van der Waals surface area contributed by atoms with Crippen molar-refractivity contribution in [3.63, 3.8) is 0 Å². The summed E-state index contributed by atoms with van der Waals surface area (Å²) in [5.41, 5.74) is 1.08. The van der Waals surface area contributed by atoms with Gasteiger partial charge < -0.3 is 4.90 Å². The Morgan fingerprint density at radius 2 is 2.29 bits per heavy atom. The molecule has 3 heteroatoms. The normalized spacial score (nSPS) is 10.2. The highest BCUT2D eigenvalue weighted by Gasteiger charge is 2.05. The topological polar surface area (TPSA) is 21.1 Å². The van der Waals surface area contributed by atoms with E-state index >= 15 is 0 Å². The SMILES string of the molecule is C=CCCCn1nc(C)cc1N(C)C. The molecule has 0 aromatic carbocycles. The van der Waals surface area contributed by atoms with Crippen LogP contribution in [0.25, 0.3) is 0 Å². The zero-order valence-electron chi connectivity index (χ0n) is 9.32. The summed E-state index contributed by atoms with van der Waals surface area (Å²) in [4.78, 5) is 2.09. The van der Waals surface area contributed by atoms with Crippen molar-refractivity contribution >= 4 is 5.82 Å². The second-order valence-corrected chi connectivity index (χ2v) is 3.69. The fraction of sp³-hybridized carbons (Fsp3) is 0.545. The van der Waals surface area contributed by atoms with Crippen LogP contribution in [0.15, 0.2) is 18.7 Å². The predicted molar refractivity (Wildman–Crippen MR) is 60.7 cm³/mol. The van der Waals surface area contributed by atoms with Crippen molar-refractivity contribution in [2.75, 3.05) is 19.0 Å². The first kappa shape index (κ1) is 10.8. The summed E-state index contributed by atoms with van der Waals surface area (Å²) in [6.45, 7) is 6.70. The molecule has 14 heavy (non-hydrogen) atoms. The molecule has 0 atom stereocenters. The van der Waals surface area contributed by atoms with Crippen LogP contribution in [0.4, 0.5) is 5.82 Å². The Hall–Kier alpha value is -1.25. The van der Waals surface area contributed by atoms with Gasteiger partial charge in [-0.25, -0.2) is 4.68 Å². The smallest absolute Gasteiger partial charge is 0.126 e. The molecule has 0 saturated heterocycles. The summed E-state index contributed by atoms with van der Waals surface area (Å²) in [5, 5.41) is 4.44. The number of aromatic nitrogens is 2. The van der Waals surface area contributed by atoms with E-state index in [1.165, 1.54) is 5.82 Å². The third-order valence-electron chi connectivity index (χ3n) is 2.12. The third kappa shape index (κ3) is 2.62. The Kier molecular flexibility index (Phi) is 3.74. The van der Waals surface area contributed by atoms with Crippen LogP contribution >= 0.6 is 0 Å². The third-order valence-corrected chi connectivity index (χ3v) is 2.12. The lowest BCUT2D eigenvalue weighted by Gasteiger charge is -2.13. The van der Waals surface area contributed by atoms with Gasteiger partial charge in [0.1, 0.15) is 5.82 Å². The molecule has 3 nitrogen and oxygen atoms in total. The molecule has 1 heterocycles. The van der Waals surface area contributed by atoms with Crippen LogP contribution in [0.5, 0.6) is 0 Å². The van der Waals surface area contributed by atoms with Gasteiger partial charge in [0.15, 0.2) is 0 Å². The van der Waals surface area contributed by atoms with Gasteiger partial charge in [-0.1, -0.05) is 6.08 Å². The van der Waals surface area contributed by atoms with E-state index in [0.29, 0.717) is 0 Å². The van der Waals surface area contributed by atoms with Gasteiger partial charge >= 0.3 is 0 Å². The minimum absolute atomic E-state index is 0.966. The highest BCUT2D eigenvalue weighted by Crippen LogP contribution is 2.13. The van der Waals surface area contributed by atoms with Crippen LogP contribution in [-0.2, 0) is 6.54 Å². The number of anilines is 1. The van der Waals surface area contributed by atoms with Crippen molar-refractivity contribution in [1.29, 1.82) is 0 Å². The van der Waals surface area contributed by atoms with E-state index in [2.05, 4.69) is 27.3 Å². The van der Waals surface area contributed by atoms with Gasteiger partial charge in [-0.15, -0.1) is 6.58 Å². The van der Waals surface area contributed by atoms with Gasteiger partial charge in [0.2, 0.25) is 0 Å². The van der Waals surface area contributed by atoms with Gasteiger partial charge in [-0.3, -0.25) is 0 Å². The van der Waals surface area contributed by atoms with E-state index in [1.807, 2.05) is 27.1 Å². The highest BCUT2D eigenvalue weighted by atomic mass is 15.4. The molecule has 0 fully saturated rings. The van der Waals surface area contributed by atoms with E-state index in [4.69, 9.17) is 0 Å². The molecule has 1 aromatic heterocycles. The number of hydrogen-bond acceptors (Lipinski definition) is 2. The molecule has 0 amide bonds. The molecule has 0 spiro atoms. The molecular formula is C11H19N3. The van der Waals surface area contributed by atoms with Crippen molar-refractivity contribution in [3.05, 3.63) is 24.4 Å². The minimum atomic E-state index is 0.966. The Morgan fingerprint density at radius 1 is 1.57 bits per heavy atom. The van der Waals surface area contributed by atoms with Gasteiger partial charge in [0, 0.05) is 26.7 Å². The number of hydrogen-bond donors (Lipinski definition) is 0. The molecule has 0 bridgehead atoms. The Labute approximate surface area is 86.0 Å². The van der Waals surface area contributed by atoms with Crippen molar-refractivity contribution in [2.45, 2.75) is 26.3 Å². The van der Waals surface area contributed by atoms with Crippen molar-refractivity contribution in [3.8, 4) is 0 Å². The van der Waals surface area contributed by atoms with Crippen molar-refractivity contribution in [2.24, 2.45) is 0 Å². The van der Waals surface area contributed by atoms with Crippen LogP contribution in [0, 0.1) is 6.92 Å². The van der Waals surface area contributed by atoms with Crippen LogP contribution in [-0.4, -0.2) is 23.9 Å². The Balaban J connectivity index is 2.69. The summed E-state index contributed by atoms with van der Waals surface area (Å²) in [6.07, 6.45) is 4.10. The maximum Gasteiger partial charge on any atom is 0.126 e. The van der Waals surface area contributed by atoms with E-state index in [0.717, 1.165) is 25.1 Å². The fourth-order valence-corrected chi connectivity index (χ4v) is 1.44. The zero-order valence-corrected chi connectivity index (χ0v) is 9.32. The van der Waals surface area contributed by atoms with Crippen LogP contribution in [0.2, 0.25) is 0 Å². The van der Waals surface area contributed by atoms with E-state index in [9.17, 15) is 0 Å². The van der Waals surface area contributed by atoms with Gasteiger partial charge in [0.05, 0.1) is 5.69 Å². The second-order valence-electron chi connectivity index (χ2n) is 3.69. The predicted octanol–water partition coefficient (Wildman–Crippen LogP) is 2.22. The Morgan fingerprint density at radius 3 is 2.86 bits per heavy atom. The number of allylic oxidation sites excluding steroid dienone is 1. The molecule has 0 aliphatic rings. The molecule has 1 rings (SSSR count). The number of nitrogens with zero attached hydrogens (tertiary/aromatic N) is 3. The highest BCUT2D eigenvalue weighted by molar-refractivity contribution is 5.38. The van der Waals surface area contributed by atoms with Crippen LogP contribution in [0.3, 0.4) is 0 Å². The summed E-state index contributed by atoms with van der Waals surface area (Å²) >= 11 is 0. The quantitative estimate of drug-likeness (QED) is 0.528. The summed E-state index contributed by atoms with van der Waals surface area (Å²) in [7, 11) is 4.08. The van der Waals surface area contributed by atoms with E-state index in [-0.39, 0.29) is 0 Å². The molecule has 0 N–H and O–H groups in total. The van der Waals surface area contributed by atoms with Gasteiger partial charge in [-0.2, -0.15) is 5.10 Å². The summed E-state index contributed by atoms with van der Waals surface area (Å²) in [6, 6.07) is 2.11.